The predicted molar refractivity (Wildman–Crippen MR) is 92.4 cm³/mol. The van der Waals surface area contributed by atoms with Crippen LogP contribution in [0.25, 0.3) is 10.9 Å². The number of H-pyrrole nitrogens is 1. The SMILES string of the molecule is CN(C)Cc1ccnc(NC(=O)c2n[nH]c3cc(OC(F)(F)F)ccc23)c1. The van der Waals surface area contributed by atoms with Crippen molar-refractivity contribution < 1.29 is 22.7 Å². The highest BCUT2D eigenvalue weighted by Crippen LogP contribution is 2.27. The van der Waals surface area contributed by atoms with E-state index in [0.29, 0.717) is 17.7 Å². The van der Waals surface area contributed by atoms with Crippen LogP contribution in [0.15, 0.2) is 36.5 Å². The molecule has 2 N–H and O–H groups in total. The summed E-state index contributed by atoms with van der Waals surface area (Å²) < 4.78 is 40.8. The number of amides is 1. The van der Waals surface area contributed by atoms with Crippen LogP contribution in [-0.4, -0.2) is 46.4 Å². The van der Waals surface area contributed by atoms with Gasteiger partial charge in [-0.1, -0.05) is 0 Å². The molecular formula is C17H16F3N5O2. The number of halogens is 3. The van der Waals surface area contributed by atoms with Gasteiger partial charge < -0.3 is 15.0 Å². The minimum atomic E-state index is -4.79. The number of ether oxygens (including phenoxy) is 1. The first kappa shape index (κ1) is 18.6. The van der Waals surface area contributed by atoms with Gasteiger partial charge in [0.2, 0.25) is 0 Å². The molecule has 0 saturated carbocycles. The van der Waals surface area contributed by atoms with E-state index in [-0.39, 0.29) is 11.2 Å². The molecule has 0 unspecified atom stereocenters. The van der Waals surface area contributed by atoms with E-state index < -0.39 is 18.0 Å². The second kappa shape index (κ2) is 7.23. The molecule has 0 aliphatic heterocycles. The highest BCUT2D eigenvalue weighted by molar-refractivity contribution is 6.10. The monoisotopic (exact) mass is 379 g/mol. The van der Waals surface area contributed by atoms with Crippen molar-refractivity contribution >= 4 is 22.6 Å². The summed E-state index contributed by atoms with van der Waals surface area (Å²) in [5.41, 5.74) is 1.26. The fourth-order valence-electron chi connectivity index (χ4n) is 2.55. The molecule has 0 radical (unpaired) electrons. The summed E-state index contributed by atoms with van der Waals surface area (Å²) in [6.45, 7) is 0.679. The first-order chi connectivity index (χ1) is 12.7. The summed E-state index contributed by atoms with van der Waals surface area (Å²) in [5.74, 6) is -0.573. The van der Waals surface area contributed by atoms with Crippen LogP contribution in [0, 0.1) is 0 Å². The fraction of sp³-hybridized carbons (Fsp3) is 0.235. The van der Waals surface area contributed by atoms with E-state index in [2.05, 4.69) is 25.2 Å². The maximum absolute atomic E-state index is 12.5. The second-order valence-corrected chi connectivity index (χ2v) is 6.07. The van der Waals surface area contributed by atoms with Gasteiger partial charge in [0, 0.05) is 24.2 Å². The number of rotatable bonds is 5. The van der Waals surface area contributed by atoms with Gasteiger partial charge in [-0.2, -0.15) is 5.10 Å². The molecule has 1 amide bonds. The molecule has 142 valence electrons. The standard InChI is InChI=1S/C17H16F3N5O2/c1-25(2)9-10-5-6-21-14(7-10)22-16(26)15-12-4-3-11(27-17(18,19)20)8-13(12)23-24-15/h3-8H,9H2,1-2H3,(H,23,24)(H,21,22,26). The normalized spacial score (nSPS) is 11.8. The van der Waals surface area contributed by atoms with Crippen molar-refractivity contribution in [2.75, 3.05) is 19.4 Å². The van der Waals surface area contributed by atoms with Crippen LogP contribution in [0.5, 0.6) is 5.75 Å². The minimum absolute atomic E-state index is 0.0448. The number of nitrogens with zero attached hydrogens (tertiary/aromatic N) is 3. The number of aromatic amines is 1. The Bertz CT molecular complexity index is 969. The van der Waals surface area contributed by atoms with E-state index in [1.165, 1.54) is 6.07 Å². The third kappa shape index (κ3) is 4.73. The number of benzene rings is 1. The average molecular weight is 379 g/mol. The molecule has 0 spiro atoms. The smallest absolute Gasteiger partial charge is 0.406 e. The molecule has 2 aromatic heterocycles. The Morgan fingerprint density at radius 2 is 2.04 bits per heavy atom. The number of aromatic nitrogens is 3. The molecule has 0 bridgehead atoms. The number of fused-ring (bicyclic) bond motifs is 1. The summed E-state index contributed by atoms with van der Waals surface area (Å²) in [7, 11) is 3.84. The number of nitrogens with one attached hydrogen (secondary N) is 2. The summed E-state index contributed by atoms with van der Waals surface area (Å²) >= 11 is 0. The number of hydrogen-bond acceptors (Lipinski definition) is 5. The van der Waals surface area contributed by atoms with Gasteiger partial charge in [-0.15, -0.1) is 13.2 Å². The van der Waals surface area contributed by atoms with Crippen LogP contribution >= 0.6 is 0 Å². The molecule has 10 heteroatoms. The average Bonchev–Trinajstić information content (AvgIpc) is 2.96. The molecule has 27 heavy (non-hydrogen) atoms. The van der Waals surface area contributed by atoms with Gasteiger partial charge in [-0.25, -0.2) is 4.98 Å². The third-order valence-corrected chi connectivity index (χ3v) is 3.55. The Hall–Kier alpha value is -3.14. The predicted octanol–water partition coefficient (Wildman–Crippen LogP) is 3.17. The number of carbonyl (C=O) groups excluding carboxylic acids is 1. The summed E-state index contributed by atoms with van der Waals surface area (Å²) in [6, 6.07) is 7.16. The first-order valence-electron chi connectivity index (χ1n) is 7.86. The molecule has 0 aliphatic rings. The lowest BCUT2D eigenvalue weighted by atomic mass is 10.2. The molecule has 0 saturated heterocycles. The van der Waals surface area contributed by atoms with Gasteiger partial charge in [0.05, 0.1) is 5.52 Å². The van der Waals surface area contributed by atoms with Crippen molar-refractivity contribution in [1.29, 1.82) is 0 Å². The van der Waals surface area contributed by atoms with E-state index in [0.717, 1.165) is 17.7 Å². The van der Waals surface area contributed by atoms with Gasteiger partial charge in [-0.3, -0.25) is 9.89 Å². The summed E-state index contributed by atoms with van der Waals surface area (Å²) in [6.07, 6.45) is -3.21. The van der Waals surface area contributed by atoms with E-state index in [1.807, 2.05) is 25.1 Å². The van der Waals surface area contributed by atoms with E-state index in [9.17, 15) is 18.0 Å². The molecule has 0 fully saturated rings. The van der Waals surface area contributed by atoms with Gasteiger partial charge in [-0.05, 0) is 43.9 Å². The number of pyridine rings is 1. The Morgan fingerprint density at radius 1 is 1.26 bits per heavy atom. The Morgan fingerprint density at radius 3 is 2.74 bits per heavy atom. The van der Waals surface area contributed by atoms with Crippen molar-refractivity contribution in [2.24, 2.45) is 0 Å². The molecule has 0 aliphatic carbocycles. The summed E-state index contributed by atoms with van der Waals surface area (Å²) in [4.78, 5) is 18.6. The Kier molecular flexibility index (Phi) is 5.00. The Labute approximate surface area is 152 Å². The highest BCUT2D eigenvalue weighted by atomic mass is 19.4. The molecule has 3 aromatic rings. The quantitative estimate of drug-likeness (QED) is 0.712. The summed E-state index contributed by atoms with van der Waals surface area (Å²) in [5, 5.41) is 9.43. The number of anilines is 1. The lowest BCUT2D eigenvalue weighted by Crippen LogP contribution is -2.17. The minimum Gasteiger partial charge on any atom is -0.406 e. The third-order valence-electron chi connectivity index (χ3n) is 3.55. The molecule has 0 atom stereocenters. The molecule has 7 nitrogen and oxygen atoms in total. The van der Waals surface area contributed by atoms with Gasteiger partial charge >= 0.3 is 6.36 Å². The van der Waals surface area contributed by atoms with Crippen LogP contribution < -0.4 is 10.1 Å². The topological polar surface area (TPSA) is 83.1 Å². The number of alkyl halides is 3. The fourth-order valence-corrected chi connectivity index (χ4v) is 2.55. The van der Waals surface area contributed by atoms with Crippen LogP contribution in [-0.2, 0) is 6.54 Å². The zero-order chi connectivity index (χ0) is 19.6. The molecule has 2 heterocycles. The van der Waals surface area contributed by atoms with Crippen LogP contribution in [0.4, 0.5) is 19.0 Å². The number of hydrogen-bond donors (Lipinski definition) is 2. The van der Waals surface area contributed by atoms with Crippen LogP contribution in [0.1, 0.15) is 16.1 Å². The second-order valence-electron chi connectivity index (χ2n) is 6.07. The van der Waals surface area contributed by atoms with E-state index in [1.54, 1.807) is 12.3 Å². The largest absolute Gasteiger partial charge is 0.573 e. The van der Waals surface area contributed by atoms with Gasteiger partial charge in [0.15, 0.2) is 5.69 Å². The lowest BCUT2D eigenvalue weighted by molar-refractivity contribution is -0.274. The van der Waals surface area contributed by atoms with E-state index in [4.69, 9.17) is 0 Å². The molecule has 1 aromatic carbocycles. The van der Waals surface area contributed by atoms with E-state index >= 15 is 0 Å². The maximum atomic E-state index is 12.5. The van der Waals surface area contributed by atoms with Gasteiger partial charge in [0.25, 0.3) is 5.91 Å². The van der Waals surface area contributed by atoms with Crippen LogP contribution in [0.3, 0.4) is 0 Å². The Balaban J connectivity index is 1.80. The lowest BCUT2D eigenvalue weighted by Gasteiger charge is -2.10. The van der Waals surface area contributed by atoms with Gasteiger partial charge in [0.1, 0.15) is 11.6 Å². The van der Waals surface area contributed by atoms with Crippen molar-refractivity contribution in [3.63, 3.8) is 0 Å². The molecular weight excluding hydrogens is 363 g/mol. The van der Waals surface area contributed by atoms with Crippen molar-refractivity contribution in [3.8, 4) is 5.75 Å². The number of carbonyl (C=O) groups is 1. The maximum Gasteiger partial charge on any atom is 0.573 e. The first-order valence-corrected chi connectivity index (χ1v) is 7.86. The molecule has 3 rings (SSSR count). The zero-order valence-electron chi connectivity index (χ0n) is 14.5. The highest BCUT2D eigenvalue weighted by Gasteiger charge is 2.31. The van der Waals surface area contributed by atoms with Crippen molar-refractivity contribution in [2.45, 2.75) is 12.9 Å². The van der Waals surface area contributed by atoms with Crippen molar-refractivity contribution in [1.82, 2.24) is 20.1 Å². The zero-order valence-corrected chi connectivity index (χ0v) is 14.5. The van der Waals surface area contributed by atoms with Crippen molar-refractivity contribution in [3.05, 3.63) is 47.8 Å². The van der Waals surface area contributed by atoms with Crippen LogP contribution in [0.2, 0.25) is 0 Å².